The van der Waals surface area contributed by atoms with Gasteiger partial charge in [-0.1, -0.05) is 37.6 Å². The third-order valence-corrected chi connectivity index (χ3v) is 4.37. The molecule has 0 radical (unpaired) electrons. The Hall–Kier alpha value is -1.19. The van der Waals surface area contributed by atoms with E-state index in [1.165, 1.54) is 23.2 Å². The minimum atomic E-state index is 0.634. The molecule has 1 fully saturated rings. The predicted molar refractivity (Wildman–Crippen MR) is 77.2 cm³/mol. The molecule has 0 amide bonds. The van der Waals surface area contributed by atoms with Gasteiger partial charge in [0.2, 0.25) is 0 Å². The molecule has 1 N–H and O–H groups in total. The molecule has 1 aromatic carbocycles. The summed E-state index contributed by atoms with van der Waals surface area (Å²) in [5.41, 5.74) is 3.92. The van der Waals surface area contributed by atoms with Crippen LogP contribution >= 0.6 is 11.3 Å². The Morgan fingerprint density at radius 2 is 2.06 bits per heavy atom. The summed E-state index contributed by atoms with van der Waals surface area (Å²) in [6.07, 6.45) is 2.37. The second-order valence-electron chi connectivity index (χ2n) is 4.88. The highest BCUT2D eigenvalue weighted by molar-refractivity contribution is 7.13. The molecule has 3 rings (SSSR count). The zero-order valence-electron chi connectivity index (χ0n) is 10.6. The number of hydrogen-bond donors (Lipinski definition) is 1. The summed E-state index contributed by atoms with van der Waals surface area (Å²) in [5, 5.41) is 6.66. The molecular formula is C15H18N2S. The number of nitrogens with one attached hydrogen (secondary N) is 1. The van der Waals surface area contributed by atoms with Crippen molar-refractivity contribution in [2.24, 2.45) is 0 Å². The van der Waals surface area contributed by atoms with E-state index < -0.39 is 0 Å². The third-order valence-electron chi connectivity index (χ3n) is 3.46. The Morgan fingerprint density at radius 3 is 2.67 bits per heavy atom. The van der Waals surface area contributed by atoms with Crippen LogP contribution in [0, 0.1) is 0 Å². The van der Waals surface area contributed by atoms with Gasteiger partial charge in [0.1, 0.15) is 5.01 Å². The van der Waals surface area contributed by atoms with Gasteiger partial charge in [-0.2, -0.15) is 0 Å². The lowest BCUT2D eigenvalue weighted by Gasteiger charge is -2.25. The number of aromatic nitrogens is 1. The molecule has 0 aliphatic carbocycles. The normalized spacial score (nSPS) is 15.6. The molecule has 0 spiro atoms. The van der Waals surface area contributed by atoms with Crippen LogP contribution in [0.5, 0.6) is 0 Å². The fourth-order valence-corrected chi connectivity index (χ4v) is 3.11. The smallest absolute Gasteiger partial charge is 0.123 e. The van der Waals surface area contributed by atoms with Gasteiger partial charge in [-0.05, 0) is 12.0 Å². The summed E-state index contributed by atoms with van der Waals surface area (Å²) >= 11 is 1.76. The van der Waals surface area contributed by atoms with Gasteiger partial charge in [-0.15, -0.1) is 11.3 Å². The van der Waals surface area contributed by atoms with Crippen molar-refractivity contribution in [1.82, 2.24) is 10.3 Å². The first-order valence-corrected chi connectivity index (χ1v) is 7.50. The number of rotatable bonds is 4. The van der Waals surface area contributed by atoms with E-state index in [9.17, 15) is 0 Å². The largest absolute Gasteiger partial charge is 0.315 e. The molecule has 1 aliphatic heterocycles. The molecule has 1 aromatic heterocycles. The van der Waals surface area contributed by atoms with E-state index in [1.807, 2.05) is 0 Å². The van der Waals surface area contributed by atoms with Gasteiger partial charge in [0.05, 0.1) is 5.69 Å². The highest BCUT2D eigenvalue weighted by Gasteiger charge is 2.21. The summed E-state index contributed by atoms with van der Waals surface area (Å²) in [4.78, 5) is 4.76. The number of thiazole rings is 1. The molecule has 2 heterocycles. The van der Waals surface area contributed by atoms with Gasteiger partial charge >= 0.3 is 0 Å². The minimum Gasteiger partial charge on any atom is -0.315 e. The summed E-state index contributed by atoms with van der Waals surface area (Å²) in [6, 6.07) is 8.86. The van der Waals surface area contributed by atoms with E-state index in [0.717, 1.165) is 24.5 Å². The standard InChI is InChI=1S/C15H18N2S/c1-2-3-11-4-6-12(7-5-11)15-17-14(10-18-15)13-8-16-9-13/h4-7,10,13,16H,2-3,8-9H2,1H3. The van der Waals surface area contributed by atoms with Crippen molar-refractivity contribution >= 4 is 11.3 Å². The van der Waals surface area contributed by atoms with Crippen LogP contribution in [0.1, 0.15) is 30.5 Å². The van der Waals surface area contributed by atoms with Gasteiger partial charge in [0, 0.05) is 30.0 Å². The predicted octanol–water partition coefficient (Wildman–Crippen LogP) is 3.45. The molecule has 2 nitrogen and oxygen atoms in total. The Morgan fingerprint density at radius 1 is 1.28 bits per heavy atom. The zero-order valence-corrected chi connectivity index (χ0v) is 11.5. The van der Waals surface area contributed by atoms with Crippen LogP contribution in [-0.2, 0) is 6.42 Å². The van der Waals surface area contributed by atoms with Gasteiger partial charge < -0.3 is 5.32 Å². The monoisotopic (exact) mass is 258 g/mol. The SMILES string of the molecule is CCCc1ccc(-c2nc(C3CNC3)cs2)cc1. The quantitative estimate of drug-likeness (QED) is 0.908. The molecule has 94 valence electrons. The van der Waals surface area contributed by atoms with Crippen molar-refractivity contribution < 1.29 is 0 Å². The van der Waals surface area contributed by atoms with Crippen LogP contribution in [0.2, 0.25) is 0 Å². The first-order chi connectivity index (χ1) is 8.86. The topological polar surface area (TPSA) is 24.9 Å². The van der Waals surface area contributed by atoms with Crippen LogP contribution in [-0.4, -0.2) is 18.1 Å². The van der Waals surface area contributed by atoms with Crippen LogP contribution in [0.3, 0.4) is 0 Å². The van der Waals surface area contributed by atoms with E-state index >= 15 is 0 Å². The lowest BCUT2D eigenvalue weighted by Crippen LogP contribution is -2.40. The fourth-order valence-electron chi connectivity index (χ4n) is 2.21. The van der Waals surface area contributed by atoms with Gasteiger partial charge in [-0.3, -0.25) is 0 Å². The van der Waals surface area contributed by atoms with Crippen molar-refractivity contribution in [2.75, 3.05) is 13.1 Å². The lowest BCUT2D eigenvalue weighted by molar-refractivity contribution is 0.441. The Kier molecular flexibility index (Phi) is 3.43. The highest BCUT2D eigenvalue weighted by Crippen LogP contribution is 2.28. The van der Waals surface area contributed by atoms with Crippen molar-refractivity contribution in [3.63, 3.8) is 0 Å². The molecular weight excluding hydrogens is 240 g/mol. The van der Waals surface area contributed by atoms with Crippen molar-refractivity contribution in [3.8, 4) is 10.6 Å². The van der Waals surface area contributed by atoms with Crippen LogP contribution in [0.4, 0.5) is 0 Å². The second-order valence-corrected chi connectivity index (χ2v) is 5.74. The first-order valence-electron chi connectivity index (χ1n) is 6.62. The maximum Gasteiger partial charge on any atom is 0.123 e. The van der Waals surface area contributed by atoms with Gasteiger partial charge in [0.15, 0.2) is 0 Å². The Bertz CT molecular complexity index is 512. The number of benzene rings is 1. The molecule has 0 bridgehead atoms. The van der Waals surface area contributed by atoms with E-state index in [-0.39, 0.29) is 0 Å². The van der Waals surface area contributed by atoms with Crippen LogP contribution < -0.4 is 5.32 Å². The van der Waals surface area contributed by atoms with E-state index in [4.69, 9.17) is 4.98 Å². The second kappa shape index (κ2) is 5.21. The molecule has 1 aliphatic rings. The van der Waals surface area contributed by atoms with E-state index in [2.05, 4.69) is 41.9 Å². The fraction of sp³-hybridized carbons (Fsp3) is 0.400. The van der Waals surface area contributed by atoms with E-state index in [0.29, 0.717) is 5.92 Å². The minimum absolute atomic E-state index is 0.634. The van der Waals surface area contributed by atoms with Crippen LogP contribution in [0.25, 0.3) is 10.6 Å². The highest BCUT2D eigenvalue weighted by atomic mass is 32.1. The van der Waals surface area contributed by atoms with Crippen LogP contribution in [0.15, 0.2) is 29.6 Å². The summed E-state index contributed by atoms with van der Waals surface area (Å²) in [7, 11) is 0. The van der Waals surface area contributed by atoms with Crippen molar-refractivity contribution in [2.45, 2.75) is 25.7 Å². The summed E-state index contributed by atoms with van der Waals surface area (Å²) in [6.45, 7) is 4.38. The number of nitrogens with zero attached hydrogens (tertiary/aromatic N) is 1. The first kappa shape index (κ1) is 11.9. The maximum absolute atomic E-state index is 4.76. The molecule has 0 saturated carbocycles. The average molecular weight is 258 g/mol. The molecule has 2 aromatic rings. The van der Waals surface area contributed by atoms with Gasteiger partial charge in [-0.25, -0.2) is 4.98 Å². The van der Waals surface area contributed by atoms with Crippen molar-refractivity contribution in [1.29, 1.82) is 0 Å². The van der Waals surface area contributed by atoms with Crippen molar-refractivity contribution in [3.05, 3.63) is 40.9 Å². The average Bonchev–Trinajstić information content (AvgIpc) is 2.77. The van der Waals surface area contributed by atoms with Gasteiger partial charge in [0.25, 0.3) is 0 Å². The van der Waals surface area contributed by atoms with E-state index in [1.54, 1.807) is 11.3 Å². The molecule has 18 heavy (non-hydrogen) atoms. The Balaban J connectivity index is 1.78. The maximum atomic E-state index is 4.76. The Labute approximate surface area is 112 Å². The lowest BCUT2D eigenvalue weighted by atomic mass is 10.0. The molecule has 3 heteroatoms. The third kappa shape index (κ3) is 2.33. The number of aryl methyl sites for hydroxylation is 1. The molecule has 0 atom stereocenters. The molecule has 1 saturated heterocycles. The summed E-state index contributed by atoms with van der Waals surface area (Å²) in [5.74, 6) is 0.634. The summed E-state index contributed by atoms with van der Waals surface area (Å²) < 4.78 is 0. The number of hydrogen-bond acceptors (Lipinski definition) is 3. The zero-order chi connectivity index (χ0) is 12.4. The molecule has 0 unspecified atom stereocenters.